The molecule has 3 rings (SSSR count). The van der Waals surface area contributed by atoms with Crippen molar-refractivity contribution in [1.29, 1.82) is 0 Å². The maximum absolute atomic E-state index is 13.9. The number of hydrogen-bond acceptors (Lipinski definition) is 4. The average Bonchev–Trinajstić information content (AvgIpc) is 2.49. The van der Waals surface area contributed by atoms with Gasteiger partial charge < -0.3 is 5.32 Å². The molecule has 0 bridgehead atoms. The van der Waals surface area contributed by atoms with Gasteiger partial charge in [0.05, 0.1) is 16.0 Å². The Morgan fingerprint density at radius 3 is 2.70 bits per heavy atom. The molecule has 0 atom stereocenters. The summed E-state index contributed by atoms with van der Waals surface area (Å²) in [5.74, 6) is -0.190. The number of nitro groups is 1. The smallest absolute Gasteiger partial charge is 0.280 e. The molecule has 23 heavy (non-hydrogen) atoms. The quantitative estimate of drug-likeness (QED) is 0.542. The summed E-state index contributed by atoms with van der Waals surface area (Å²) in [6, 6.07) is 9.16. The van der Waals surface area contributed by atoms with Crippen LogP contribution in [0.15, 0.2) is 42.6 Å². The van der Waals surface area contributed by atoms with Crippen LogP contribution in [-0.4, -0.2) is 9.91 Å². The molecule has 3 aromatic rings. The van der Waals surface area contributed by atoms with Crippen LogP contribution >= 0.6 is 11.6 Å². The molecule has 1 N–H and O–H groups in total. The summed E-state index contributed by atoms with van der Waals surface area (Å²) in [7, 11) is 0. The van der Waals surface area contributed by atoms with Crippen molar-refractivity contribution in [3.8, 4) is 0 Å². The van der Waals surface area contributed by atoms with Crippen LogP contribution in [0.3, 0.4) is 0 Å². The number of hydrogen-bond donors (Lipinski definition) is 1. The van der Waals surface area contributed by atoms with Crippen molar-refractivity contribution < 1.29 is 9.31 Å². The fourth-order valence-corrected chi connectivity index (χ4v) is 2.57. The van der Waals surface area contributed by atoms with E-state index in [1.807, 2.05) is 0 Å². The highest BCUT2D eigenvalue weighted by Gasteiger charge is 2.18. The molecule has 0 aliphatic heterocycles. The highest BCUT2D eigenvalue weighted by molar-refractivity contribution is 6.30. The molecular weight excluding hydrogens is 321 g/mol. The van der Waals surface area contributed by atoms with E-state index >= 15 is 0 Å². The lowest BCUT2D eigenvalue weighted by molar-refractivity contribution is -0.383. The molecule has 1 aromatic heterocycles. The number of rotatable bonds is 3. The van der Waals surface area contributed by atoms with Gasteiger partial charge in [-0.25, -0.2) is 9.37 Å². The first-order valence-electron chi connectivity index (χ1n) is 6.72. The Morgan fingerprint density at radius 1 is 1.22 bits per heavy atom. The van der Waals surface area contributed by atoms with Crippen LogP contribution < -0.4 is 5.32 Å². The van der Waals surface area contributed by atoms with E-state index in [0.717, 1.165) is 0 Å². The van der Waals surface area contributed by atoms with Crippen molar-refractivity contribution in [3.63, 3.8) is 0 Å². The maximum atomic E-state index is 13.9. The fraction of sp³-hybridized carbons (Fsp3) is 0.0625. The van der Waals surface area contributed by atoms with Gasteiger partial charge in [-0.05, 0) is 37.3 Å². The van der Waals surface area contributed by atoms with Gasteiger partial charge in [-0.2, -0.15) is 0 Å². The highest BCUT2D eigenvalue weighted by Crippen LogP contribution is 2.33. The van der Waals surface area contributed by atoms with E-state index in [1.165, 1.54) is 18.3 Å². The molecule has 0 fully saturated rings. The Bertz CT molecular complexity index is 931. The molecule has 0 aliphatic rings. The van der Waals surface area contributed by atoms with Gasteiger partial charge >= 0.3 is 0 Å². The second kappa shape index (κ2) is 5.81. The summed E-state index contributed by atoms with van der Waals surface area (Å²) < 4.78 is 13.9. The lowest BCUT2D eigenvalue weighted by atomic mass is 10.1. The third-order valence-electron chi connectivity index (χ3n) is 3.49. The number of nitro benzene ring substituents is 1. The van der Waals surface area contributed by atoms with Gasteiger partial charge in [-0.1, -0.05) is 17.7 Å². The number of fused-ring (bicyclic) bond motifs is 1. The number of aryl methyl sites for hydroxylation is 1. The minimum absolute atomic E-state index is 0.0181. The highest BCUT2D eigenvalue weighted by atomic mass is 35.5. The molecule has 0 amide bonds. The van der Waals surface area contributed by atoms with E-state index in [2.05, 4.69) is 10.3 Å². The number of anilines is 2. The zero-order valence-corrected chi connectivity index (χ0v) is 12.8. The standard InChI is InChI=1S/C16H11ClFN3O2/c1-9-2-4-12-11(15(9)21(22)23)6-7-19-16(12)20-14-5-3-10(17)8-13(14)18/h2-8H,1H3,(H,19,20). The number of nitrogens with one attached hydrogen (secondary N) is 1. The zero-order valence-electron chi connectivity index (χ0n) is 12.0. The molecule has 0 aliphatic carbocycles. The number of aromatic nitrogens is 1. The van der Waals surface area contributed by atoms with Crippen LogP contribution in [0, 0.1) is 22.9 Å². The van der Waals surface area contributed by atoms with Gasteiger partial charge in [-0.15, -0.1) is 0 Å². The zero-order chi connectivity index (χ0) is 16.6. The number of pyridine rings is 1. The van der Waals surface area contributed by atoms with Gasteiger partial charge in [0.2, 0.25) is 0 Å². The van der Waals surface area contributed by atoms with Gasteiger partial charge in [0, 0.05) is 22.2 Å². The summed E-state index contributed by atoms with van der Waals surface area (Å²) in [6.45, 7) is 1.67. The minimum Gasteiger partial charge on any atom is -0.337 e. The van der Waals surface area contributed by atoms with E-state index < -0.39 is 10.7 Å². The first-order valence-corrected chi connectivity index (χ1v) is 7.10. The van der Waals surface area contributed by atoms with Crippen molar-refractivity contribution in [3.05, 3.63) is 69.1 Å². The number of halogens is 2. The van der Waals surface area contributed by atoms with Gasteiger partial charge in [0.25, 0.3) is 5.69 Å². The average molecular weight is 332 g/mol. The summed E-state index contributed by atoms with van der Waals surface area (Å²) in [5.41, 5.74) is 0.763. The van der Waals surface area contributed by atoms with Crippen molar-refractivity contribution in [2.24, 2.45) is 0 Å². The predicted molar refractivity (Wildman–Crippen MR) is 87.8 cm³/mol. The van der Waals surface area contributed by atoms with E-state index in [-0.39, 0.29) is 16.4 Å². The molecule has 0 spiro atoms. The third kappa shape index (κ3) is 2.80. The van der Waals surface area contributed by atoms with Gasteiger partial charge in [0.1, 0.15) is 11.6 Å². The summed E-state index contributed by atoms with van der Waals surface area (Å²) in [5, 5.41) is 15.4. The topological polar surface area (TPSA) is 68.1 Å². The summed E-state index contributed by atoms with van der Waals surface area (Å²) in [6.07, 6.45) is 1.45. The molecule has 0 saturated carbocycles. The van der Waals surface area contributed by atoms with Crippen LogP contribution in [0.1, 0.15) is 5.56 Å². The normalized spacial score (nSPS) is 10.7. The largest absolute Gasteiger partial charge is 0.337 e. The summed E-state index contributed by atoms with van der Waals surface area (Å²) in [4.78, 5) is 15.0. The molecule has 1 heterocycles. The van der Waals surface area contributed by atoms with Crippen LogP contribution in [0.4, 0.5) is 21.6 Å². The molecule has 116 valence electrons. The van der Waals surface area contributed by atoms with Crippen molar-refractivity contribution in [1.82, 2.24) is 4.98 Å². The molecule has 0 unspecified atom stereocenters. The van der Waals surface area contributed by atoms with E-state index in [1.54, 1.807) is 31.2 Å². The van der Waals surface area contributed by atoms with Crippen molar-refractivity contribution in [2.75, 3.05) is 5.32 Å². The fourth-order valence-electron chi connectivity index (χ4n) is 2.41. The van der Waals surface area contributed by atoms with Crippen LogP contribution in [-0.2, 0) is 0 Å². The van der Waals surface area contributed by atoms with Crippen LogP contribution in [0.5, 0.6) is 0 Å². The lowest BCUT2D eigenvalue weighted by Gasteiger charge is -2.10. The van der Waals surface area contributed by atoms with Crippen LogP contribution in [0.25, 0.3) is 10.8 Å². The Morgan fingerprint density at radius 2 is 2.00 bits per heavy atom. The molecule has 0 radical (unpaired) electrons. The number of benzene rings is 2. The van der Waals surface area contributed by atoms with E-state index in [4.69, 9.17) is 11.6 Å². The lowest BCUT2D eigenvalue weighted by Crippen LogP contribution is -1.99. The molecule has 0 saturated heterocycles. The SMILES string of the molecule is Cc1ccc2c(Nc3ccc(Cl)cc3F)nccc2c1[N+](=O)[O-]. The first-order chi connectivity index (χ1) is 11.0. The van der Waals surface area contributed by atoms with Crippen molar-refractivity contribution >= 4 is 39.6 Å². The second-order valence-corrected chi connectivity index (χ2v) is 5.43. The molecule has 2 aromatic carbocycles. The molecule has 7 heteroatoms. The second-order valence-electron chi connectivity index (χ2n) is 4.99. The predicted octanol–water partition coefficient (Wildman–Crippen LogP) is 4.99. The first kappa shape index (κ1) is 15.2. The van der Waals surface area contributed by atoms with Crippen LogP contribution in [0.2, 0.25) is 5.02 Å². The Labute approximate surface area is 135 Å². The van der Waals surface area contributed by atoms with E-state index in [0.29, 0.717) is 22.2 Å². The summed E-state index contributed by atoms with van der Waals surface area (Å²) >= 11 is 5.73. The number of nitrogens with zero attached hydrogens (tertiary/aromatic N) is 2. The Hall–Kier alpha value is -2.73. The minimum atomic E-state index is -0.530. The maximum Gasteiger partial charge on any atom is 0.280 e. The van der Waals surface area contributed by atoms with Gasteiger partial charge in [0.15, 0.2) is 0 Å². The van der Waals surface area contributed by atoms with Gasteiger partial charge in [-0.3, -0.25) is 10.1 Å². The third-order valence-corrected chi connectivity index (χ3v) is 3.72. The Balaban J connectivity index is 2.15. The van der Waals surface area contributed by atoms with E-state index in [9.17, 15) is 14.5 Å². The van der Waals surface area contributed by atoms with Crippen molar-refractivity contribution in [2.45, 2.75) is 6.92 Å². The monoisotopic (exact) mass is 331 g/mol. The molecule has 5 nitrogen and oxygen atoms in total. The Kier molecular flexibility index (Phi) is 3.83. The molecular formula is C16H11ClFN3O2.